The van der Waals surface area contributed by atoms with Crippen molar-refractivity contribution in [2.24, 2.45) is 5.73 Å². The molecule has 1 aromatic heterocycles. The number of allylic oxidation sites excluding steroid dienone is 3. The molecule has 2 aliphatic rings. The molecule has 2 aromatic carbocycles. The fraction of sp³-hybridized carbons (Fsp3) is 0.192. The summed E-state index contributed by atoms with van der Waals surface area (Å²) in [6, 6.07) is 16.1. The molecule has 1 unspecified atom stereocenters. The number of rotatable bonds is 6. The van der Waals surface area contributed by atoms with E-state index in [-0.39, 0.29) is 28.7 Å². The van der Waals surface area contributed by atoms with E-state index in [1.807, 2.05) is 12.1 Å². The zero-order valence-corrected chi connectivity index (χ0v) is 22.4. The molecule has 0 saturated heterocycles. The molecular weight excluding hydrogens is 549 g/mol. The molecule has 5 rings (SSSR count). The topological polar surface area (TPSA) is 113 Å². The number of ketones is 2. The molecule has 2 heterocycles. The second-order valence-electron chi connectivity index (χ2n) is 8.44. The first-order valence-electron chi connectivity index (χ1n) is 11.3. The summed E-state index contributed by atoms with van der Waals surface area (Å²) in [4.78, 5) is 27.4. The number of hydrogen-bond acceptors (Lipinski definition) is 9. The molecule has 0 amide bonds. The van der Waals surface area contributed by atoms with Gasteiger partial charge in [-0.3, -0.25) is 14.5 Å². The number of carbonyl (C=O) groups excluding carboxylic acids is 2. The second kappa shape index (κ2) is 10.7. The molecule has 186 valence electrons. The van der Waals surface area contributed by atoms with Gasteiger partial charge in [0.05, 0.1) is 23.3 Å². The number of benzene rings is 2. The number of nitrogens with zero attached hydrogens (tertiary/aromatic N) is 4. The Morgan fingerprint density at radius 2 is 1.78 bits per heavy atom. The highest BCUT2D eigenvalue weighted by molar-refractivity contribution is 8.01. The molecule has 0 saturated carbocycles. The molecule has 11 heteroatoms. The van der Waals surface area contributed by atoms with Gasteiger partial charge in [0, 0.05) is 33.3 Å². The Kier molecular flexibility index (Phi) is 7.36. The van der Waals surface area contributed by atoms with Gasteiger partial charge in [-0.05, 0) is 54.8 Å². The van der Waals surface area contributed by atoms with Crippen molar-refractivity contribution in [1.29, 1.82) is 5.26 Å². The molecule has 0 fully saturated rings. The van der Waals surface area contributed by atoms with Crippen LogP contribution in [0.4, 0.5) is 5.13 Å². The van der Waals surface area contributed by atoms with Gasteiger partial charge >= 0.3 is 0 Å². The van der Waals surface area contributed by atoms with E-state index >= 15 is 0 Å². The zero-order valence-electron chi connectivity index (χ0n) is 19.3. The van der Waals surface area contributed by atoms with Crippen LogP contribution < -0.4 is 10.6 Å². The summed E-state index contributed by atoms with van der Waals surface area (Å²) in [6.45, 7) is 0. The first kappa shape index (κ1) is 25.5. The minimum absolute atomic E-state index is 0.0147. The van der Waals surface area contributed by atoms with Gasteiger partial charge < -0.3 is 5.73 Å². The maximum absolute atomic E-state index is 13.2. The molecule has 1 aliphatic carbocycles. The number of hydrogen-bond donors (Lipinski definition) is 1. The third-order valence-electron chi connectivity index (χ3n) is 6.20. The maximum atomic E-state index is 13.2. The average Bonchev–Trinajstić information content (AvgIpc) is 3.36. The Bertz CT molecular complexity index is 1490. The lowest BCUT2D eigenvalue weighted by atomic mass is 9.76. The number of nitriles is 1. The van der Waals surface area contributed by atoms with Crippen LogP contribution >= 0.6 is 46.3 Å². The number of thioether (sulfide) groups is 1. The number of Topliss-reactive ketones (excluding diaryl/α,β-unsaturated/α-hetero) is 2. The van der Waals surface area contributed by atoms with Crippen molar-refractivity contribution in [1.82, 2.24) is 10.2 Å². The van der Waals surface area contributed by atoms with Crippen molar-refractivity contribution in [3.8, 4) is 6.07 Å². The normalized spacial score (nSPS) is 17.6. The van der Waals surface area contributed by atoms with Crippen LogP contribution in [0, 0.1) is 11.3 Å². The van der Waals surface area contributed by atoms with E-state index in [0.29, 0.717) is 49.9 Å². The largest absolute Gasteiger partial charge is 0.384 e. The standard InChI is InChI=1S/C26H19Cl2N5O2S2/c27-16-8-4-14(5-9-16)21(35)13-36-26-32-31-25(37-26)33-19-2-1-3-20(34)23(19)22(18(12-29)24(33)30)15-6-10-17(28)11-7-15/h4-11,22H,1-3,13,30H2. The fourth-order valence-corrected chi connectivity index (χ4v) is 6.52. The van der Waals surface area contributed by atoms with Crippen molar-refractivity contribution in [2.45, 2.75) is 29.5 Å². The van der Waals surface area contributed by atoms with Crippen LogP contribution in [0.2, 0.25) is 10.0 Å². The Hall–Kier alpha value is -3.16. The highest BCUT2D eigenvalue weighted by Crippen LogP contribution is 2.47. The Balaban J connectivity index is 1.47. The fourth-order valence-electron chi connectivity index (χ4n) is 4.49. The summed E-state index contributed by atoms with van der Waals surface area (Å²) in [5, 5.41) is 20.2. The summed E-state index contributed by atoms with van der Waals surface area (Å²) >= 11 is 14.5. The van der Waals surface area contributed by atoms with Gasteiger partial charge in [0.25, 0.3) is 0 Å². The molecule has 2 N–H and O–H groups in total. The van der Waals surface area contributed by atoms with E-state index in [9.17, 15) is 14.9 Å². The van der Waals surface area contributed by atoms with Gasteiger partial charge in [0.1, 0.15) is 5.82 Å². The lowest BCUT2D eigenvalue weighted by Gasteiger charge is -2.38. The monoisotopic (exact) mass is 567 g/mol. The van der Waals surface area contributed by atoms with Crippen LogP contribution in [-0.2, 0) is 4.79 Å². The van der Waals surface area contributed by atoms with Crippen LogP contribution in [0.25, 0.3) is 0 Å². The van der Waals surface area contributed by atoms with Crippen LogP contribution in [-0.4, -0.2) is 27.5 Å². The molecule has 0 radical (unpaired) electrons. The molecule has 7 nitrogen and oxygen atoms in total. The minimum Gasteiger partial charge on any atom is -0.384 e. The van der Waals surface area contributed by atoms with Crippen LogP contribution in [0.5, 0.6) is 0 Å². The minimum atomic E-state index is -0.569. The first-order chi connectivity index (χ1) is 17.9. The van der Waals surface area contributed by atoms with E-state index < -0.39 is 5.92 Å². The van der Waals surface area contributed by atoms with E-state index in [4.69, 9.17) is 28.9 Å². The highest BCUT2D eigenvalue weighted by atomic mass is 35.5. The van der Waals surface area contributed by atoms with Gasteiger partial charge in [0.15, 0.2) is 15.9 Å². The maximum Gasteiger partial charge on any atom is 0.219 e. The summed E-state index contributed by atoms with van der Waals surface area (Å²) in [7, 11) is 0. The van der Waals surface area contributed by atoms with Crippen LogP contribution in [0.15, 0.2) is 75.5 Å². The number of nitrogens with two attached hydrogens (primary N) is 1. The van der Waals surface area contributed by atoms with E-state index in [0.717, 1.165) is 11.3 Å². The van der Waals surface area contributed by atoms with Crippen molar-refractivity contribution < 1.29 is 9.59 Å². The molecule has 1 atom stereocenters. The van der Waals surface area contributed by atoms with E-state index in [1.54, 1.807) is 41.3 Å². The summed E-state index contributed by atoms with van der Waals surface area (Å²) in [5.41, 5.74) is 9.48. The third kappa shape index (κ3) is 5.03. The van der Waals surface area contributed by atoms with Gasteiger partial charge in [-0.2, -0.15) is 5.26 Å². The lowest BCUT2D eigenvalue weighted by molar-refractivity contribution is -0.116. The van der Waals surface area contributed by atoms with Crippen molar-refractivity contribution in [3.05, 3.63) is 92.4 Å². The Morgan fingerprint density at radius 1 is 1.11 bits per heavy atom. The summed E-state index contributed by atoms with van der Waals surface area (Å²) in [6.07, 6.45) is 1.69. The molecule has 1 aliphatic heterocycles. The van der Waals surface area contributed by atoms with Crippen LogP contribution in [0.3, 0.4) is 0 Å². The molecule has 3 aromatic rings. The lowest BCUT2D eigenvalue weighted by Crippen LogP contribution is -2.38. The summed E-state index contributed by atoms with van der Waals surface area (Å²) < 4.78 is 0.577. The quantitative estimate of drug-likeness (QED) is 0.279. The number of carbonyl (C=O) groups is 2. The molecular formula is C26H19Cl2N5O2S2. The van der Waals surface area contributed by atoms with Crippen molar-refractivity contribution in [3.63, 3.8) is 0 Å². The second-order valence-corrected chi connectivity index (χ2v) is 11.5. The van der Waals surface area contributed by atoms with Gasteiger partial charge in [-0.25, -0.2) is 0 Å². The number of halogens is 2. The van der Waals surface area contributed by atoms with Crippen molar-refractivity contribution in [2.75, 3.05) is 10.7 Å². The SMILES string of the molecule is N#CC1=C(N)N(c2nnc(SCC(=O)c3ccc(Cl)cc3)s2)C2=C(C(=O)CCC2)C1c1ccc(Cl)cc1. The van der Waals surface area contributed by atoms with Gasteiger partial charge in [0.2, 0.25) is 5.13 Å². The van der Waals surface area contributed by atoms with Gasteiger partial charge in [-0.15, -0.1) is 10.2 Å². The van der Waals surface area contributed by atoms with E-state index in [1.165, 1.54) is 23.1 Å². The first-order valence-corrected chi connectivity index (χ1v) is 13.9. The number of aromatic nitrogens is 2. The number of anilines is 1. The molecule has 0 spiro atoms. The van der Waals surface area contributed by atoms with Gasteiger partial charge in [-0.1, -0.05) is 58.4 Å². The molecule has 37 heavy (non-hydrogen) atoms. The molecule has 0 bridgehead atoms. The third-order valence-corrected chi connectivity index (χ3v) is 8.74. The average molecular weight is 569 g/mol. The van der Waals surface area contributed by atoms with Crippen molar-refractivity contribution >= 4 is 63.0 Å². The Morgan fingerprint density at radius 3 is 2.46 bits per heavy atom. The zero-order chi connectivity index (χ0) is 26.1. The summed E-state index contributed by atoms with van der Waals surface area (Å²) in [5.74, 6) is -0.243. The van der Waals surface area contributed by atoms with E-state index in [2.05, 4.69) is 16.3 Å². The highest BCUT2D eigenvalue weighted by Gasteiger charge is 2.41. The smallest absolute Gasteiger partial charge is 0.219 e. The Labute approximate surface area is 231 Å². The van der Waals surface area contributed by atoms with Crippen LogP contribution in [0.1, 0.15) is 41.1 Å². The predicted octanol–water partition coefficient (Wildman–Crippen LogP) is 6.12. The predicted molar refractivity (Wildman–Crippen MR) is 146 cm³/mol.